The normalized spacial score (nSPS) is 14.2. The summed E-state index contributed by atoms with van der Waals surface area (Å²) in [6.07, 6.45) is 9.99. The fraction of sp³-hybridized carbons (Fsp3) is 0.583. The van der Waals surface area contributed by atoms with Crippen LogP contribution in [0.5, 0.6) is 11.5 Å². The highest BCUT2D eigenvalue weighted by molar-refractivity contribution is 6.30. The van der Waals surface area contributed by atoms with Gasteiger partial charge in [-0.15, -0.1) is 0 Å². The molecule has 1 aliphatic rings. The van der Waals surface area contributed by atoms with Gasteiger partial charge < -0.3 is 47.4 Å². The average molecular weight is 1410 g/mol. The van der Waals surface area contributed by atoms with Crippen LogP contribution >= 0.6 is 11.6 Å². The second-order valence-corrected chi connectivity index (χ2v) is 30.1. The summed E-state index contributed by atoms with van der Waals surface area (Å²) in [7, 11) is 0. The number of para-hydroxylation sites is 1. The van der Waals surface area contributed by atoms with Gasteiger partial charge in [-0.3, -0.25) is 9.59 Å². The number of hydrogen-bond donors (Lipinski definition) is 0. The lowest BCUT2D eigenvalue weighted by molar-refractivity contribution is -0.173. The van der Waals surface area contributed by atoms with Gasteiger partial charge >= 0.3 is 29.8 Å². The fourth-order valence-corrected chi connectivity index (χ4v) is 9.37. The third kappa shape index (κ3) is 33.8. The maximum atomic E-state index is 12.2. The van der Waals surface area contributed by atoms with Gasteiger partial charge in [-0.2, -0.15) is 0 Å². The van der Waals surface area contributed by atoms with Crippen LogP contribution in [0.1, 0.15) is 291 Å². The van der Waals surface area contributed by atoms with E-state index in [1.807, 2.05) is 165 Å². The average Bonchev–Trinajstić information content (AvgIpc) is 0.852. The molecule has 0 radical (unpaired) electrons. The van der Waals surface area contributed by atoms with Crippen LogP contribution < -0.4 is 9.47 Å². The van der Waals surface area contributed by atoms with Gasteiger partial charge in [0.15, 0.2) is 6.29 Å². The summed E-state index contributed by atoms with van der Waals surface area (Å²) in [5, 5.41) is 0.638. The molecule has 6 rings (SSSR count). The molecule has 0 N–H and O–H groups in total. The van der Waals surface area contributed by atoms with E-state index in [0.29, 0.717) is 39.8 Å². The topological polar surface area (TPSA) is 178 Å². The lowest BCUT2D eigenvalue weighted by Crippen LogP contribution is -2.31. The van der Waals surface area contributed by atoms with Crippen LogP contribution in [0.25, 0.3) is 0 Å². The molecule has 5 unspecified atom stereocenters. The minimum Gasteiger partial charge on any atom is -0.455 e. The zero-order valence-electron chi connectivity index (χ0n) is 65.3. The van der Waals surface area contributed by atoms with Gasteiger partial charge in [0.25, 0.3) is 0 Å². The van der Waals surface area contributed by atoms with Gasteiger partial charge in [0.2, 0.25) is 25.2 Å². The van der Waals surface area contributed by atoms with Gasteiger partial charge in [-0.25, -0.2) is 14.4 Å². The molecular weight excluding hydrogens is 1280 g/mol. The molecule has 15 nitrogen and oxygen atoms in total. The zero-order chi connectivity index (χ0) is 75.7. The summed E-state index contributed by atoms with van der Waals surface area (Å²) in [5.41, 5.74) is 4.47. The van der Waals surface area contributed by atoms with Crippen molar-refractivity contribution in [3.63, 3.8) is 0 Å². The lowest BCUT2D eigenvalue weighted by atomic mass is 9.82. The molecule has 5 aromatic rings. The number of carbonyl (C=O) groups is 5. The van der Waals surface area contributed by atoms with Crippen molar-refractivity contribution in [1.82, 2.24) is 0 Å². The number of esters is 5. The number of benzene rings is 5. The van der Waals surface area contributed by atoms with Crippen molar-refractivity contribution < 1.29 is 71.3 Å². The van der Waals surface area contributed by atoms with Crippen molar-refractivity contribution in [3.8, 4) is 11.5 Å². The molecule has 0 spiro atoms. The Balaban J connectivity index is 0.000000427. The predicted octanol–water partition coefficient (Wildman–Crippen LogP) is 22.0. The number of rotatable bonds is 29. The Morgan fingerprint density at radius 2 is 0.760 bits per heavy atom. The Morgan fingerprint density at radius 3 is 1.10 bits per heavy atom. The molecule has 100 heavy (non-hydrogen) atoms. The Labute approximate surface area is 607 Å². The third-order valence-corrected chi connectivity index (χ3v) is 18.3. The highest BCUT2D eigenvalue weighted by Crippen LogP contribution is 2.31. The van der Waals surface area contributed by atoms with E-state index in [2.05, 4.69) is 69.2 Å². The number of halogens is 1. The number of carbonyl (C=O) groups excluding carboxylic acids is 5. The van der Waals surface area contributed by atoms with E-state index in [1.54, 1.807) is 58.9 Å². The first kappa shape index (κ1) is 89.3. The van der Waals surface area contributed by atoms with Gasteiger partial charge in [0, 0.05) is 18.9 Å². The molecule has 5 aromatic carbocycles. The molecule has 558 valence electrons. The van der Waals surface area contributed by atoms with Crippen molar-refractivity contribution in [2.75, 3.05) is 6.61 Å². The maximum Gasteiger partial charge on any atom is 0.340 e. The van der Waals surface area contributed by atoms with Crippen LogP contribution in [0.3, 0.4) is 0 Å². The molecule has 0 amide bonds. The van der Waals surface area contributed by atoms with Crippen molar-refractivity contribution >= 4 is 41.4 Å². The van der Waals surface area contributed by atoms with Crippen LogP contribution in [-0.2, 0) is 63.7 Å². The quantitative estimate of drug-likeness (QED) is 0.0191. The smallest absolute Gasteiger partial charge is 0.340 e. The summed E-state index contributed by atoms with van der Waals surface area (Å²) in [4.78, 5) is 59.9. The number of ether oxygens (including phenoxy) is 10. The number of unbranched alkanes of at least 4 members (excludes halogenated alkanes) is 1. The minimum absolute atomic E-state index is 0.116. The maximum absolute atomic E-state index is 12.2. The van der Waals surface area contributed by atoms with Crippen LogP contribution in [0.2, 0.25) is 5.02 Å². The summed E-state index contributed by atoms with van der Waals surface area (Å²) >= 11 is 5.77. The van der Waals surface area contributed by atoms with Gasteiger partial charge in [0.05, 0.1) is 45.8 Å². The molecule has 16 heteroatoms. The van der Waals surface area contributed by atoms with E-state index in [9.17, 15) is 24.0 Å². The third-order valence-electron chi connectivity index (χ3n) is 18.1. The first-order chi connectivity index (χ1) is 46.7. The molecule has 0 aliphatic heterocycles. The molecule has 1 saturated carbocycles. The van der Waals surface area contributed by atoms with E-state index < -0.39 is 42.3 Å². The van der Waals surface area contributed by atoms with Gasteiger partial charge in [-0.05, 0) is 226 Å². The van der Waals surface area contributed by atoms with Crippen molar-refractivity contribution in [3.05, 3.63) is 166 Å². The van der Waals surface area contributed by atoms with Crippen LogP contribution in [0.4, 0.5) is 0 Å². The van der Waals surface area contributed by atoms with E-state index in [0.717, 1.165) is 57.8 Å². The van der Waals surface area contributed by atoms with E-state index in [-0.39, 0.29) is 57.8 Å². The monoisotopic (exact) mass is 1410 g/mol. The molecule has 0 heterocycles. The Bertz CT molecular complexity index is 3140. The molecule has 0 saturated heterocycles. The highest BCUT2D eigenvalue weighted by Gasteiger charge is 2.31. The molecule has 0 aromatic heterocycles. The summed E-state index contributed by atoms with van der Waals surface area (Å²) in [6.45, 7) is 48.3. The van der Waals surface area contributed by atoms with E-state index in [1.165, 1.54) is 36.0 Å². The summed E-state index contributed by atoms with van der Waals surface area (Å²) < 4.78 is 54.3. The molecule has 1 aliphatic carbocycles. The lowest BCUT2D eigenvalue weighted by Gasteiger charge is -2.25. The van der Waals surface area contributed by atoms with Crippen LogP contribution in [0, 0.1) is 10.8 Å². The fourth-order valence-electron chi connectivity index (χ4n) is 9.24. The second kappa shape index (κ2) is 43.2. The molecule has 0 bridgehead atoms. The van der Waals surface area contributed by atoms with E-state index in [4.69, 9.17) is 59.0 Å². The minimum atomic E-state index is -0.621. The summed E-state index contributed by atoms with van der Waals surface area (Å²) in [5.74, 6) is -0.173. The molecular formula is C84H125ClO15. The van der Waals surface area contributed by atoms with Crippen LogP contribution in [-0.4, -0.2) is 79.6 Å². The molecule has 5 atom stereocenters. The first-order valence-electron chi connectivity index (χ1n) is 36.1. The standard InChI is InChI=1S/C20H30O3.2C18H28O3.C14H19ClO3.C14H20O3/c1-5-20(3,4)17-13-11-16(12-14-17)19(21)23-15(2)22-18-9-7-6-8-10-18;1-8-18(6,7)15-11-9-14(10-12-15)16(19)20-13(2)21-17(3,4)5;1-6-8-13-20-14(3)21-17(19)15-9-11-16(12-10-15)18(4,5)7-2;1-5-14(3,4)13(16)18-10(2)17-12-8-6-11(15)7-9-12;1-5-14(3,4)13(15)17-11(2)16-12-9-7-6-8-10-12/h11-15,18H,5-10H2,1-4H3;9-13H,8H2,1-7H3;9-12,14H,6-8,13H2,1-5H3;6-10H,5H2,1-4H3;6-11H,5H2,1-4H3. The highest BCUT2D eigenvalue weighted by atomic mass is 35.5. The largest absolute Gasteiger partial charge is 0.455 e. The van der Waals surface area contributed by atoms with Gasteiger partial charge in [0.1, 0.15) is 11.5 Å². The SMILES string of the molecule is CCC(C)(C)C(=O)OC(C)Oc1ccc(Cl)cc1.CCC(C)(C)C(=O)OC(C)Oc1ccccc1.CCC(C)(C)c1ccc(C(=O)OC(C)OC(C)(C)C)cc1.CCC(C)(C)c1ccc(C(=O)OC(C)OC2CCCCC2)cc1.CCCCOC(C)OC(=O)c1ccc(C(C)(C)CC)cc1. The van der Waals surface area contributed by atoms with Crippen molar-refractivity contribution in [1.29, 1.82) is 0 Å². The summed E-state index contributed by atoms with van der Waals surface area (Å²) in [6, 6.07) is 39.3. The van der Waals surface area contributed by atoms with Gasteiger partial charge in [-0.1, -0.05) is 175 Å². The predicted molar refractivity (Wildman–Crippen MR) is 402 cm³/mol. The molecule has 1 fully saturated rings. The second-order valence-electron chi connectivity index (χ2n) is 29.6. The zero-order valence-corrected chi connectivity index (χ0v) is 66.0. The Morgan fingerprint density at radius 1 is 0.410 bits per heavy atom. The van der Waals surface area contributed by atoms with E-state index >= 15 is 0 Å². The Kier molecular flexibility index (Phi) is 38.6. The van der Waals surface area contributed by atoms with Crippen LogP contribution in [0.15, 0.2) is 127 Å². The Hall–Kier alpha value is -6.78. The number of hydrogen-bond acceptors (Lipinski definition) is 15. The van der Waals surface area contributed by atoms with Crippen molar-refractivity contribution in [2.45, 2.75) is 303 Å². The first-order valence-corrected chi connectivity index (χ1v) is 36.5. The van der Waals surface area contributed by atoms with Crippen molar-refractivity contribution in [2.24, 2.45) is 10.8 Å².